The van der Waals surface area contributed by atoms with Gasteiger partial charge in [0, 0.05) is 5.69 Å². The van der Waals surface area contributed by atoms with Crippen LogP contribution in [0.15, 0.2) is 70.0 Å². The first kappa shape index (κ1) is 15.6. The highest BCUT2D eigenvalue weighted by molar-refractivity contribution is 8.14. The van der Waals surface area contributed by atoms with Gasteiger partial charge in [0.15, 0.2) is 0 Å². The molecule has 0 unspecified atom stereocenters. The summed E-state index contributed by atoms with van der Waals surface area (Å²) in [6.07, 6.45) is 1.81. The smallest absolute Gasteiger partial charge is 0.283 e. The number of hydrogen-bond donors (Lipinski definition) is 1. The minimum Gasteiger partial charge on any atom is -0.379 e. The highest BCUT2D eigenvalue weighted by Gasteiger charge is 2.13. The lowest BCUT2D eigenvalue weighted by Gasteiger charge is -2.07. The van der Waals surface area contributed by atoms with Crippen molar-refractivity contribution in [2.75, 3.05) is 18.1 Å². The van der Waals surface area contributed by atoms with Gasteiger partial charge in [-0.05, 0) is 30.5 Å². The summed E-state index contributed by atoms with van der Waals surface area (Å²) in [7, 11) is -3.65. The van der Waals surface area contributed by atoms with Crippen molar-refractivity contribution in [3.8, 4) is 0 Å². The number of para-hydroxylation sites is 1. The Kier molecular flexibility index (Phi) is 5.41. The Morgan fingerprint density at radius 1 is 1.05 bits per heavy atom. The third-order valence-electron chi connectivity index (χ3n) is 2.72. The Hall–Kier alpha value is -1.79. The molecular weight excluding hydrogens is 304 g/mol. The van der Waals surface area contributed by atoms with Crippen molar-refractivity contribution in [2.45, 2.75) is 4.90 Å². The van der Waals surface area contributed by atoms with Crippen LogP contribution in [0.5, 0.6) is 0 Å². The van der Waals surface area contributed by atoms with Gasteiger partial charge < -0.3 is 5.32 Å². The average Bonchev–Trinajstić information content (AvgIpc) is 2.53. The van der Waals surface area contributed by atoms with E-state index >= 15 is 0 Å². The van der Waals surface area contributed by atoms with Gasteiger partial charge in [-0.3, -0.25) is 0 Å². The molecule has 4 nitrogen and oxygen atoms in total. The minimum atomic E-state index is -3.65. The van der Waals surface area contributed by atoms with Crippen molar-refractivity contribution in [2.24, 2.45) is 4.40 Å². The summed E-state index contributed by atoms with van der Waals surface area (Å²) in [6, 6.07) is 17.8. The third-order valence-corrected chi connectivity index (χ3v) is 4.87. The van der Waals surface area contributed by atoms with Gasteiger partial charge in [0.2, 0.25) is 0 Å². The lowest BCUT2D eigenvalue weighted by atomic mass is 10.3. The molecule has 2 aromatic carbocycles. The van der Waals surface area contributed by atoms with Gasteiger partial charge in [0.1, 0.15) is 5.04 Å². The molecule has 0 spiro atoms. The molecule has 0 aliphatic rings. The van der Waals surface area contributed by atoms with E-state index < -0.39 is 10.0 Å². The van der Waals surface area contributed by atoms with Gasteiger partial charge in [0.05, 0.1) is 11.4 Å². The molecule has 1 N–H and O–H groups in total. The predicted octanol–water partition coefficient (Wildman–Crippen LogP) is 3.25. The van der Waals surface area contributed by atoms with E-state index in [4.69, 9.17) is 0 Å². The van der Waals surface area contributed by atoms with Crippen LogP contribution in [0.25, 0.3) is 0 Å². The number of benzene rings is 2. The van der Waals surface area contributed by atoms with E-state index in [1.54, 1.807) is 30.3 Å². The summed E-state index contributed by atoms with van der Waals surface area (Å²) in [5.41, 5.74) is 0.927. The quantitative estimate of drug-likeness (QED) is 0.678. The first-order chi connectivity index (χ1) is 10.1. The number of sulfonamides is 1. The molecule has 0 amide bonds. The standard InChI is InChI=1S/C15H16N2O2S2/c1-20-15(12-16-13-8-4-2-5-9-13)17-21(18,19)14-10-6-3-7-11-14/h2-11,16H,12H2,1H3. The fraction of sp³-hybridized carbons (Fsp3) is 0.133. The molecule has 21 heavy (non-hydrogen) atoms. The van der Waals surface area contributed by atoms with Crippen LogP contribution in [-0.2, 0) is 10.0 Å². The molecule has 0 bridgehead atoms. The SMILES string of the molecule is CSC(CNc1ccccc1)=NS(=O)(=O)c1ccccc1. The van der Waals surface area contributed by atoms with Crippen molar-refractivity contribution in [3.63, 3.8) is 0 Å². The van der Waals surface area contributed by atoms with Crippen LogP contribution in [0.2, 0.25) is 0 Å². The van der Waals surface area contributed by atoms with Crippen molar-refractivity contribution in [3.05, 3.63) is 60.7 Å². The topological polar surface area (TPSA) is 58.5 Å². The molecule has 0 aromatic heterocycles. The highest BCUT2D eigenvalue weighted by atomic mass is 32.2. The second-order valence-electron chi connectivity index (χ2n) is 4.20. The van der Waals surface area contributed by atoms with Crippen LogP contribution in [0.1, 0.15) is 0 Å². The van der Waals surface area contributed by atoms with E-state index in [1.807, 2.05) is 36.6 Å². The van der Waals surface area contributed by atoms with Gasteiger partial charge in [-0.2, -0.15) is 12.8 Å². The van der Waals surface area contributed by atoms with E-state index in [0.29, 0.717) is 11.6 Å². The molecule has 0 saturated heterocycles. The Bertz CT molecular complexity index is 699. The molecule has 0 fully saturated rings. The van der Waals surface area contributed by atoms with Crippen molar-refractivity contribution in [1.29, 1.82) is 0 Å². The highest BCUT2D eigenvalue weighted by Crippen LogP contribution is 2.14. The first-order valence-electron chi connectivity index (χ1n) is 6.33. The molecule has 0 aliphatic heterocycles. The van der Waals surface area contributed by atoms with Gasteiger partial charge in [0.25, 0.3) is 10.0 Å². The van der Waals surface area contributed by atoms with Gasteiger partial charge in [-0.25, -0.2) is 0 Å². The first-order valence-corrected chi connectivity index (χ1v) is 9.00. The maximum atomic E-state index is 12.2. The maximum absolute atomic E-state index is 12.2. The molecular formula is C15H16N2O2S2. The normalized spacial score (nSPS) is 12.1. The van der Waals surface area contributed by atoms with Crippen LogP contribution >= 0.6 is 11.8 Å². The Labute approximate surface area is 129 Å². The number of nitrogens with one attached hydrogen (secondary N) is 1. The molecule has 2 aromatic rings. The zero-order chi connectivity index (χ0) is 15.1. The fourth-order valence-corrected chi connectivity index (χ4v) is 3.40. The average molecular weight is 320 g/mol. The molecule has 0 heterocycles. The molecule has 0 atom stereocenters. The van der Waals surface area contributed by atoms with E-state index in [9.17, 15) is 8.42 Å². The maximum Gasteiger partial charge on any atom is 0.283 e. The van der Waals surface area contributed by atoms with Gasteiger partial charge >= 0.3 is 0 Å². The number of hydrogen-bond acceptors (Lipinski definition) is 4. The van der Waals surface area contributed by atoms with Crippen molar-refractivity contribution in [1.82, 2.24) is 0 Å². The Morgan fingerprint density at radius 3 is 2.19 bits per heavy atom. The summed E-state index contributed by atoms with van der Waals surface area (Å²) in [4.78, 5) is 0.205. The fourth-order valence-electron chi connectivity index (χ4n) is 1.65. The van der Waals surface area contributed by atoms with Crippen LogP contribution in [0, 0.1) is 0 Å². The lowest BCUT2D eigenvalue weighted by Crippen LogP contribution is -2.13. The van der Waals surface area contributed by atoms with Crippen molar-refractivity contribution >= 4 is 32.5 Å². The van der Waals surface area contributed by atoms with E-state index in [1.165, 1.54) is 11.8 Å². The molecule has 6 heteroatoms. The zero-order valence-electron chi connectivity index (χ0n) is 11.6. The molecule has 0 aliphatic carbocycles. The van der Waals surface area contributed by atoms with Crippen LogP contribution < -0.4 is 5.32 Å². The van der Waals surface area contributed by atoms with Crippen LogP contribution in [-0.4, -0.2) is 26.3 Å². The largest absolute Gasteiger partial charge is 0.379 e. The van der Waals surface area contributed by atoms with E-state index in [2.05, 4.69) is 9.71 Å². The lowest BCUT2D eigenvalue weighted by molar-refractivity contribution is 0.598. The predicted molar refractivity (Wildman–Crippen MR) is 89.5 cm³/mol. The Balaban J connectivity index is 2.13. The summed E-state index contributed by atoms with van der Waals surface area (Å²) in [5, 5.41) is 3.67. The molecule has 0 saturated carbocycles. The summed E-state index contributed by atoms with van der Waals surface area (Å²) in [6.45, 7) is 0.372. The summed E-state index contributed by atoms with van der Waals surface area (Å²) >= 11 is 1.32. The van der Waals surface area contributed by atoms with Crippen LogP contribution in [0.4, 0.5) is 5.69 Å². The second-order valence-corrected chi connectivity index (χ2v) is 6.68. The third kappa shape index (κ3) is 4.61. The van der Waals surface area contributed by atoms with E-state index in [0.717, 1.165) is 5.69 Å². The number of anilines is 1. The molecule has 110 valence electrons. The number of thioether (sulfide) groups is 1. The van der Waals surface area contributed by atoms with E-state index in [-0.39, 0.29) is 4.90 Å². The minimum absolute atomic E-state index is 0.205. The van der Waals surface area contributed by atoms with Gasteiger partial charge in [-0.1, -0.05) is 36.4 Å². The number of nitrogens with zero attached hydrogens (tertiary/aromatic N) is 1. The zero-order valence-corrected chi connectivity index (χ0v) is 13.2. The summed E-state index contributed by atoms with van der Waals surface area (Å²) < 4.78 is 28.3. The van der Waals surface area contributed by atoms with Gasteiger partial charge in [-0.15, -0.1) is 11.8 Å². The molecule has 2 rings (SSSR count). The monoisotopic (exact) mass is 320 g/mol. The summed E-state index contributed by atoms with van der Waals surface area (Å²) in [5.74, 6) is 0. The number of rotatable bonds is 5. The van der Waals surface area contributed by atoms with Crippen molar-refractivity contribution < 1.29 is 8.42 Å². The molecule has 0 radical (unpaired) electrons. The second kappa shape index (κ2) is 7.28. The Morgan fingerprint density at radius 2 is 1.62 bits per heavy atom. The van der Waals surface area contributed by atoms with Crippen LogP contribution in [0.3, 0.4) is 0 Å².